The van der Waals surface area contributed by atoms with Crippen LogP contribution in [0.3, 0.4) is 0 Å². The van der Waals surface area contributed by atoms with E-state index in [1.54, 1.807) is 12.1 Å². The highest BCUT2D eigenvalue weighted by molar-refractivity contribution is 5.93. The number of carbonyl (C=O) groups excluding carboxylic acids is 1. The molecule has 4 aliphatic carbocycles. The fourth-order valence-corrected chi connectivity index (χ4v) is 5.25. The molecule has 0 saturated heterocycles. The van der Waals surface area contributed by atoms with E-state index in [1.807, 2.05) is 0 Å². The van der Waals surface area contributed by atoms with Crippen LogP contribution >= 0.6 is 0 Å². The van der Waals surface area contributed by atoms with E-state index in [0.717, 1.165) is 11.8 Å². The van der Waals surface area contributed by atoms with Gasteiger partial charge in [-0.05, 0) is 67.9 Å². The molecular weight excluding hydrogens is 280 g/mol. The maximum absolute atomic E-state index is 12.7. The highest BCUT2D eigenvalue weighted by Crippen LogP contribution is 2.56. The molecule has 0 heterocycles. The molecule has 4 bridgehead atoms. The topological polar surface area (TPSA) is 72.2 Å². The molecule has 0 radical (unpaired) electrons. The Labute approximate surface area is 129 Å². The standard InChI is InChI=1S/C17H20N2O3/c20-17(18-14-1-3-15(4-2-14)19(21)22)16-12-6-10-5-11(8-12)9-13(16)7-10/h1-4,10-13,16H,5-9H2,(H,18,20). The third-order valence-electron chi connectivity index (χ3n) is 5.88. The van der Waals surface area contributed by atoms with E-state index in [1.165, 1.54) is 44.2 Å². The summed E-state index contributed by atoms with van der Waals surface area (Å²) in [5, 5.41) is 13.6. The van der Waals surface area contributed by atoms with Crippen LogP contribution in [-0.4, -0.2) is 10.8 Å². The summed E-state index contributed by atoms with van der Waals surface area (Å²) in [5.41, 5.74) is 0.706. The number of hydrogen-bond acceptors (Lipinski definition) is 3. The Morgan fingerprint density at radius 1 is 1.00 bits per heavy atom. The highest BCUT2D eigenvalue weighted by Gasteiger charge is 2.50. The van der Waals surface area contributed by atoms with Crippen molar-refractivity contribution in [3.05, 3.63) is 34.4 Å². The molecule has 116 valence electrons. The molecular formula is C17H20N2O3. The third-order valence-corrected chi connectivity index (χ3v) is 5.88. The molecule has 4 saturated carbocycles. The average molecular weight is 300 g/mol. The second-order valence-electron chi connectivity index (χ2n) is 7.25. The Balaban J connectivity index is 1.47. The second-order valence-corrected chi connectivity index (χ2v) is 7.25. The summed E-state index contributed by atoms with van der Waals surface area (Å²) < 4.78 is 0. The first-order valence-electron chi connectivity index (χ1n) is 8.15. The summed E-state index contributed by atoms with van der Waals surface area (Å²) in [6.07, 6.45) is 6.23. The monoisotopic (exact) mass is 300 g/mol. The van der Waals surface area contributed by atoms with Crippen LogP contribution in [0.15, 0.2) is 24.3 Å². The number of nitrogens with zero attached hydrogens (tertiary/aromatic N) is 1. The molecule has 4 aliphatic rings. The maximum atomic E-state index is 12.7. The van der Waals surface area contributed by atoms with Gasteiger partial charge in [-0.15, -0.1) is 0 Å². The van der Waals surface area contributed by atoms with Gasteiger partial charge in [-0.1, -0.05) is 0 Å². The first-order valence-corrected chi connectivity index (χ1v) is 8.15. The normalized spacial score (nSPS) is 35.4. The lowest BCUT2D eigenvalue weighted by Gasteiger charge is -2.53. The average Bonchev–Trinajstić information content (AvgIpc) is 2.46. The largest absolute Gasteiger partial charge is 0.326 e. The van der Waals surface area contributed by atoms with Gasteiger partial charge in [0.1, 0.15) is 0 Å². The Morgan fingerprint density at radius 2 is 1.55 bits per heavy atom. The van der Waals surface area contributed by atoms with Crippen molar-refractivity contribution in [1.29, 1.82) is 0 Å². The fourth-order valence-electron chi connectivity index (χ4n) is 5.25. The summed E-state index contributed by atoms with van der Waals surface area (Å²) in [7, 11) is 0. The quantitative estimate of drug-likeness (QED) is 0.684. The van der Waals surface area contributed by atoms with Crippen LogP contribution < -0.4 is 5.32 Å². The SMILES string of the molecule is O=C(Nc1ccc([N+](=O)[O-])cc1)C1C2CC3CC(C2)CC1C3. The minimum Gasteiger partial charge on any atom is -0.326 e. The van der Waals surface area contributed by atoms with Crippen molar-refractivity contribution in [2.45, 2.75) is 32.1 Å². The summed E-state index contributed by atoms with van der Waals surface area (Å²) in [5.74, 6) is 3.06. The van der Waals surface area contributed by atoms with E-state index in [9.17, 15) is 14.9 Å². The minimum absolute atomic E-state index is 0.0487. The Morgan fingerprint density at radius 3 is 2.05 bits per heavy atom. The van der Waals surface area contributed by atoms with Crippen molar-refractivity contribution in [2.75, 3.05) is 5.32 Å². The van der Waals surface area contributed by atoms with Crippen molar-refractivity contribution in [1.82, 2.24) is 0 Å². The van der Waals surface area contributed by atoms with Gasteiger partial charge in [-0.3, -0.25) is 14.9 Å². The lowest BCUT2D eigenvalue weighted by molar-refractivity contribution is -0.384. The summed E-state index contributed by atoms with van der Waals surface area (Å²) in [4.78, 5) is 22.9. The van der Waals surface area contributed by atoms with Gasteiger partial charge in [0.2, 0.25) is 5.91 Å². The molecule has 5 rings (SSSR count). The number of nitrogens with one attached hydrogen (secondary N) is 1. The third kappa shape index (κ3) is 2.28. The number of amides is 1. The van der Waals surface area contributed by atoms with E-state index in [0.29, 0.717) is 17.5 Å². The smallest absolute Gasteiger partial charge is 0.269 e. The number of benzene rings is 1. The number of non-ortho nitro benzene ring substituents is 1. The van der Waals surface area contributed by atoms with Gasteiger partial charge < -0.3 is 5.32 Å². The molecule has 1 aromatic carbocycles. The molecule has 1 aromatic rings. The molecule has 4 fully saturated rings. The van der Waals surface area contributed by atoms with Crippen LogP contribution in [0.25, 0.3) is 0 Å². The van der Waals surface area contributed by atoms with Crippen LogP contribution in [-0.2, 0) is 4.79 Å². The predicted octanol–water partition coefficient (Wildman–Crippen LogP) is 3.61. The number of anilines is 1. The van der Waals surface area contributed by atoms with Gasteiger partial charge in [0.25, 0.3) is 5.69 Å². The molecule has 0 aromatic heterocycles. The zero-order valence-electron chi connectivity index (χ0n) is 12.4. The molecule has 0 atom stereocenters. The number of rotatable bonds is 3. The molecule has 0 spiro atoms. The van der Waals surface area contributed by atoms with E-state index in [-0.39, 0.29) is 17.5 Å². The first-order chi connectivity index (χ1) is 10.6. The van der Waals surface area contributed by atoms with Gasteiger partial charge in [0, 0.05) is 23.7 Å². The Bertz CT molecular complexity index is 583. The van der Waals surface area contributed by atoms with Crippen molar-refractivity contribution in [3.8, 4) is 0 Å². The van der Waals surface area contributed by atoms with Crippen LogP contribution in [0.1, 0.15) is 32.1 Å². The van der Waals surface area contributed by atoms with E-state index in [4.69, 9.17) is 0 Å². The van der Waals surface area contributed by atoms with Crippen molar-refractivity contribution in [3.63, 3.8) is 0 Å². The molecule has 22 heavy (non-hydrogen) atoms. The summed E-state index contributed by atoms with van der Waals surface area (Å²) >= 11 is 0. The van der Waals surface area contributed by atoms with Gasteiger partial charge in [-0.2, -0.15) is 0 Å². The lowest BCUT2D eigenvalue weighted by atomic mass is 9.51. The first kappa shape index (κ1) is 13.7. The van der Waals surface area contributed by atoms with Gasteiger partial charge in [0.05, 0.1) is 4.92 Å². The van der Waals surface area contributed by atoms with E-state index < -0.39 is 4.92 Å². The van der Waals surface area contributed by atoms with E-state index >= 15 is 0 Å². The van der Waals surface area contributed by atoms with Crippen molar-refractivity contribution in [2.24, 2.45) is 29.6 Å². The number of nitro groups is 1. The molecule has 1 amide bonds. The van der Waals surface area contributed by atoms with Crippen LogP contribution in [0, 0.1) is 39.7 Å². The zero-order valence-corrected chi connectivity index (χ0v) is 12.4. The minimum atomic E-state index is -0.427. The molecule has 5 nitrogen and oxygen atoms in total. The number of carbonyl (C=O) groups is 1. The lowest BCUT2D eigenvalue weighted by Crippen LogP contribution is -2.49. The molecule has 0 aliphatic heterocycles. The van der Waals surface area contributed by atoms with Gasteiger partial charge in [-0.25, -0.2) is 0 Å². The maximum Gasteiger partial charge on any atom is 0.269 e. The molecule has 0 unspecified atom stereocenters. The summed E-state index contributed by atoms with van der Waals surface area (Å²) in [6, 6.07) is 6.11. The van der Waals surface area contributed by atoms with Crippen molar-refractivity contribution < 1.29 is 9.72 Å². The van der Waals surface area contributed by atoms with Crippen molar-refractivity contribution >= 4 is 17.3 Å². The highest BCUT2D eigenvalue weighted by atomic mass is 16.6. The van der Waals surface area contributed by atoms with E-state index in [2.05, 4.69) is 5.32 Å². The Kier molecular flexibility index (Phi) is 3.17. The van der Waals surface area contributed by atoms with Gasteiger partial charge >= 0.3 is 0 Å². The Hall–Kier alpha value is -1.91. The summed E-state index contributed by atoms with van der Waals surface area (Å²) in [6.45, 7) is 0. The number of nitro benzene ring substituents is 1. The number of hydrogen-bond donors (Lipinski definition) is 1. The van der Waals surface area contributed by atoms with Gasteiger partial charge in [0.15, 0.2) is 0 Å². The molecule has 1 N–H and O–H groups in total. The van der Waals surface area contributed by atoms with Crippen LogP contribution in [0.2, 0.25) is 0 Å². The van der Waals surface area contributed by atoms with Crippen LogP contribution in [0.4, 0.5) is 11.4 Å². The molecule has 5 heteroatoms. The second kappa shape index (κ2) is 5.07. The fraction of sp³-hybridized carbons (Fsp3) is 0.588. The predicted molar refractivity (Wildman–Crippen MR) is 82.3 cm³/mol. The van der Waals surface area contributed by atoms with Crippen LogP contribution in [0.5, 0.6) is 0 Å². The zero-order chi connectivity index (χ0) is 15.3.